The molecular formula is C18H21FN4O2. The van der Waals surface area contributed by atoms with Crippen LogP contribution < -0.4 is 9.64 Å². The zero-order chi connectivity index (χ0) is 17.3. The number of pyridine rings is 1. The minimum absolute atomic E-state index is 0.0560. The highest BCUT2D eigenvalue weighted by atomic mass is 19.1. The van der Waals surface area contributed by atoms with Gasteiger partial charge in [-0.2, -0.15) is 5.10 Å². The van der Waals surface area contributed by atoms with Crippen LogP contribution in [0, 0.1) is 12.7 Å². The Morgan fingerprint density at radius 1 is 1.24 bits per heavy atom. The van der Waals surface area contributed by atoms with Crippen LogP contribution in [0.25, 0.3) is 0 Å². The van der Waals surface area contributed by atoms with Gasteiger partial charge in [-0.15, -0.1) is 5.10 Å². The second-order valence-corrected chi connectivity index (χ2v) is 6.75. The van der Waals surface area contributed by atoms with Crippen molar-refractivity contribution in [2.45, 2.75) is 37.9 Å². The fraction of sp³-hybridized carbons (Fsp3) is 0.500. The molecule has 2 saturated heterocycles. The Morgan fingerprint density at radius 3 is 2.80 bits per heavy atom. The van der Waals surface area contributed by atoms with E-state index in [1.165, 1.54) is 12.3 Å². The number of anilines is 1. The van der Waals surface area contributed by atoms with Crippen molar-refractivity contribution in [2.24, 2.45) is 0 Å². The standard InChI is InChI=1S/C18H21FN4O2/c1-13-4-5-16(22-21-13)23-9-6-18(7-10-23)11-14(12-24-18)25-17-15(19)3-2-8-20-17/h2-5,8,14H,6-7,9-12H2,1H3/t14-/m0/s1. The quantitative estimate of drug-likeness (QED) is 0.853. The zero-order valence-electron chi connectivity index (χ0n) is 14.2. The molecule has 2 aliphatic heterocycles. The molecule has 1 spiro atoms. The van der Waals surface area contributed by atoms with E-state index in [1.54, 1.807) is 6.07 Å². The average Bonchev–Trinajstić information content (AvgIpc) is 3.01. The van der Waals surface area contributed by atoms with E-state index in [9.17, 15) is 4.39 Å². The minimum Gasteiger partial charge on any atom is -0.470 e. The highest BCUT2D eigenvalue weighted by molar-refractivity contribution is 5.38. The number of ether oxygens (including phenoxy) is 2. The number of aromatic nitrogens is 3. The van der Waals surface area contributed by atoms with Crippen LogP contribution in [0.5, 0.6) is 5.88 Å². The minimum atomic E-state index is -0.434. The Morgan fingerprint density at radius 2 is 2.08 bits per heavy atom. The number of halogens is 1. The van der Waals surface area contributed by atoms with Crippen molar-refractivity contribution < 1.29 is 13.9 Å². The lowest BCUT2D eigenvalue weighted by atomic mass is 9.88. The van der Waals surface area contributed by atoms with Gasteiger partial charge in [-0.05, 0) is 44.0 Å². The first-order chi connectivity index (χ1) is 12.1. The predicted molar refractivity (Wildman–Crippen MR) is 90.1 cm³/mol. The van der Waals surface area contributed by atoms with Crippen molar-refractivity contribution in [2.75, 3.05) is 24.6 Å². The fourth-order valence-electron chi connectivity index (χ4n) is 3.55. The molecule has 1 atom stereocenters. The van der Waals surface area contributed by atoms with Gasteiger partial charge in [0.15, 0.2) is 11.6 Å². The Hall–Kier alpha value is -2.28. The van der Waals surface area contributed by atoms with Gasteiger partial charge in [-0.1, -0.05) is 0 Å². The number of nitrogens with zero attached hydrogens (tertiary/aromatic N) is 4. The van der Waals surface area contributed by atoms with Crippen LogP contribution in [-0.4, -0.2) is 46.6 Å². The summed E-state index contributed by atoms with van der Waals surface area (Å²) in [7, 11) is 0. The van der Waals surface area contributed by atoms with E-state index < -0.39 is 5.82 Å². The molecular weight excluding hydrogens is 323 g/mol. The Labute approximate surface area is 146 Å². The summed E-state index contributed by atoms with van der Waals surface area (Å²) in [6.45, 7) is 4.13. The summed E-state index contributed by atoms with van der Waals surface area (Å²) in [5.41, 5.74) is 0.725. The number of rotatable bonds is 3. The molecule has 0 N–H and O–H groups in total. The first-order valence-electron chi connectivity index (χ1n) is 8.60. The fourth-order valence-corrected chi connectivity index (χ4v) is 3.55. The third kappa shape index (κ3) is 3.42. The molecule has 25 heavy (non-hydrogen) atoms. The van der Waals surface area contributed by atoms with Crippen molar-refractivity contribution >= 4 is 5.82 Å². The first-order valence-corrected chi connectivity index (χ1v) is 8.60. The molecule has 7 heteroatoms. The third-order valence-electron chi connectivity index (χ3n) is 4.96. The van der Waals surface area contributed by atoms with E-state index in [1.807, 2.05) is 19.1 Å². The van der Waals surface area contributed by atoms with E-state index in [0.29, 0.717) is 6.61 Å². The maximum atomic E-state index is 13.7. The maximum Gasteiger partial charge on any atom is 0.250 e. The summed E-state index contributed by atoms with van der Waals surface area (Å²) < 4.78 is 25.5. The van der Waals surface area contributed by atoms with Crippen molar-refractivity contribution in [3.63, 3.8) is 0 Å². The van der Waals surface area contributed by atoms with Gasteiger partial charge in [-0.25, -0.2) is 9.37 Å². The second kappa shape index (κ2) is 6.55. The molecule has 4 rings (SSSR count). The van der Waals surface area contributed by atoms with Gasteiger partial charge < -0.3 is 14.4 Å². The average molecular weight is 344 g/mol. The molecule has 0 unspecified atom stereocenters. The topological polar surface area (TPSA) is 60.4 Å². The molecule has 0 saturated carbocycles. The predicted octanol–water partition coefficient (Wildman–Crippen LogP) is 2.53. The van der Waals surface area contributed by atoms with Crippen LogP contribution in [0.1, 0.15) is 25.0 Å². The molecule has 0 aromatic carbocycles. The smallest absolute Gasteiger partial charge is 0.250 e. The molecule has 2 aromatic rings. The summed E-state index contributed by atoms with van der Waals surface area (Å²) >= 11 is 0. The highest BCUT2D eigenvalue weighted by Gasteiger charge is 2.44. The largest absolute Gasteiger partial charge is 0.470 e. The van der Waals surface area contributed by atoms with Crippen LogP contribution >= 0.6 is 0 Å². The van der Waals surface area contributed by atoms with E-state index in [4.69, 9.17) is 9.47 Å². The summed E-state index contributed by atoms with van der Waals surface area (Å²) in [5.74, 6) is 0.526. The molecule has 2 aromatic heterocycles. The molecule has 2 aliphatic rings. The monoisotopic (exact) mass is 344 g/mol. The molecule has 0 aliphatic carbocycles. The van der Waals surface area contributed by atoms with Gasteiger partial charge in [0.1, 0.15) is 6.10 Å². The molecule has 0 amide bonds. The number of hydrogen-bond acceptors (Lipinski definition) is 6. The Balaban J connectivity index is 1.36. The number of hydrogen-bond donors (Lipinski definition) is 0. The normalized spacial score (nSPS) is 22.3. The zero-order valence-corrected chi connectivity index (χ0v) is 14.2. The molecule has 0 bridgehead atoms. The van der Waals surface area contributed by atoms with Gasteiger partial charge in [0.05, 0.1) is 17.9 Å². The summed E-state index contributed by atoms with van der Waals surface area (Å²) in [5, 5.41) is 8.38. The molecule has 132 valence electrons. The first kappa shape index (κ1) is 16.2. The molecule has 6 nitrogen and oxygen atoms in total. The summed E-state index contributed by atoms with van der Waals surface area (Å²) in [6, 6.07) is 6.89. The molecule has 4 heterocycles. The molecule has 2 fully saturated rings. The molecule has 0 radical (unpaired) electrons. The van der Waals surface area contributed by atoms with Crippen molar-refractivity contribution in [3.8, 4) is 5.88 Å². The summed E-state index contributed by atoms with van der Waals surface area (Å²) in [6.07, 6.45) is 3.93. The van der Waals surface area contributed by atoms with Crippen LogP contribution in [0.15, 0.2) is 30.5 Å². The number of piperidine rings is 1. The third-order valence-corrected chi connectivity index (χ3v) is 4.96. The summed E-state index contributed by atoms with van der Waals surface area (Å²) in [4.78, 5) is 6.19. The van der Waals surface area contributed by atoms with Crippen LogP contribution in [-0.2, 0) is 4.74 Å². The van der Waals surface area contributed by atoms with E-state index >= 15 is 0 Å². The second-order valence-electron chi connectivity index (χ2n) is 6.75. The van der Waals surface area contributed by atoms with Crippen molar-refractivity contribution in [3.05, 3.63) is 42.0 Å². The van der Waals surface area contributed by atoms with Crippen molar-refractivity contribution in [1.29, 1.82) is 0 Å². The van der Waals surface area contributed by atoms with E-state index in [2.05, 4.69) is 20.1 Å². The van der Waals surface area contributed by atoms with Gasteiger partial charge in [0.2, 0.25) is 0 Å². The van der Waals surface area contributed by atoms with E-state index in [0.717, 1.165) is 43.9 Å². The number of aryl methyl sites for hydroxylation is 1. The lowest BCUT2D eigenvalue weighted by Crippen LogP contribution is -2.44. The SMILES string of the molecule is Cc1ccc(N2CCC3(CC2)C[C@H](Oc2ncccc2F)CO3)nn1. The van der Waals surface area contributed by atoms with Gasteiger partial charge >= 0.3 is 0 Å². The maximum absolute atomic E-state index is 13.7. The van der Waals surface area contributed by atoms with Gasteiger partial charge in [-0.3, -0.25) is 0 Å². The van der Waals surface area contributed by atoms with Crippen LogP contribution in [0.3, 0.4) is 0 Å². The lowest BCUT2D eigenvalue weighted by Gasteiger charge is -2.38. The highest BCUT2D eigenvalue weighted by Crippen LogP contribution is 2.38. The lowest BCUT2D eigenvalue weighted by molar-refractivity contribution is -0.0164. The van der Waals surface area contributed by atoms with Gasteiger partial charge in [0, 0.05) is 25.7 Å². The van der Waals surface area contributed by atoms with E-state index in [-0.39, 0.29) is 17.6 Å². The van der Waals surface area contributed by atoms with Crippen molar-refractivity contribution in [1.82, 2.24) is 15.2 Å². The van der Waals surface area contributed by atoms with Crippen LogP contribution in [0.4, 0.5) is 10.2 Å². The Bertz CT molecular complexity index is 732. The van der Waals surface area contributed by atoms with Gasteiger partial charge in [0.25, 0.3) is 5.88 Å². The Kier molecular flexibility index (Phi) is 4.25. The van der Waals surface area contributed by atoms with Crippen LogP contribution in [0.2, 0.25) is 0 Å².